The van der Waals surface area contributed by atoms with E-state index in [1.54, 1.807) is 7.11 Å². The van der Waals surface area contributed by atoms with Gasteiger partial charge in [-0.1, -0.05) is 0 Å². The summed E-state index contributed by atoms with van der Waals surface area (Å²) < 4.78 is 16.5. The van der Waals surface area contributed by atoms with Crippen LogP contribution in [0.2, 0.25) is 0 Å². The summed E-state index contributed by atoms with van der Waals surface area (Å²) in [5.41, 5.74) is 6.61. The van der Waals surface area contributed by atoms with Crippen LogP contribution in [-0.2, 0) is 4.74 Å². The average molecular weight is 454 g/mol. The van der Waals surface area contributed by atoms with E-state index in [1.807, 2.05) is 48.5 Å². The molecule has 2 amide bonds. The molecule has 9 heteroatoms. The molecule has 1 aliphatic rings. The van der Waals surface area contributed by atoms with Crippen molar-refractivity contribution in [3.8, 4) is 24.3 Å². The summed E-state index contributed by atoms with van der Waals surface area (Å²) in [6.45, 7) is 1.59. The molecule has 0 radical (unpaired) electrons. The van der Waals surface area contributed by atoms with Crippen LogP contribution in [0, 0.1) is 18.8 Å². The third kappa shape index (κ3) is 8.73. The lowest BCUT2D eigenvalue weighted by molar-refractivity contribution is 0.132. The number of carbonyl (C=O) groups is 1. The Morgan fingerprint density at radius 1 is 1.12 bits per heavy atom. The molecule has 1 fully saturated rings. The first kappa shape index (κ1) is 25.5. The van der Waals surface area contributed by atoms with Crippen LogP contribution in [0.15, 0.2) is 53.5 Å². The summed E-state index contributed by atoms with van der Waals surface area (Å²) in [6, 6.07) is 14.2. The Kier molecular flexibility index (Phi) is 10.5. The number of primary amides is 1. The molecule has 0 aromatic heterocycles. The molecule has 1 aliphatic carbocycles. The molecule has 0 atom stereocenters. The van der Waals surface area contributed by atoms with E-state index in [2.05, 4.69) is 23.2 Å². The number of ether oxygens (including phenoxy) is 3. The van der Waals surface area contributed by atoms with E-state index in [0.717, 1.165) is 23.6 Å². The SMILES string of the molecule is C#C.COc1ccc(N(N)/C(=N\COCC2CC2)c2ccc(OCCNC(N)=O)cc2)cc1. The second-order valence-corrected chi connectivity index (χ2v) is 7.16. The van der Waals surface area contributed by atoms with Crippen molar-refractivity contribution in [2.45, 2.75) is 12.8 Å². The molecule has 0 saturated heterocycles. The lowest BCUT2D eigenvalue weighted by Gasteiger charge is -2.22. The van der Waals surface area contributed by atoms with Crippen LogP contribution < -0.4 is 31.4 Å². The van der Waals surface area contributed by atoms with Gasteiger partial charge in [-0.25, -0.2) is 15.6 Å². The van der Waals surface area contributed by atoms with Gasteiger partial charge in [0, 0.05) is 5.56 Å². The highest BCUT2D eigenvalue weighted by Crippen LogP contribution is 2.28. The number of hydrazine groups is 1. The highest BCUT2D eigenvalue weighted by molar-refractivity contribution is 6.09. The van der Waals surface area contributed by atoms with Crippen molar-refractivity contribution in [3.63, 3.8) is 0 Å². The number of amides is 2. The van der Waals surface area contributed by atoms with E-state index in [-0.39, 0.29) is 6.73 Å². The number of benzene rings is 2. The van der Waals surface area contributed by atoms with E-state index in [9.17, 15) is 4.79 Å². The molecule has 0 spiro atoms. The molecular weight excluding hydrogens is 422 g/mol. The zero-order valence-electron chi connectivity index (χ0n) is 18.8. The lowest BCUT2D eigenvalue weighted by atomic mass is 10.1. The highest BCUT2D eigenvalue weighted by atomic mass is 16.5. The number of terminal acetylenes is 1. The van der Waals surface area contributed by atoms with Crippen LogP contribution >= 0.6 is 0 Å². The van der Waals surface area contributed by atoms with Gasteiger partial charge < -0.3 is 25.3 Å². The highest BCUT2D eigenvalue weighted by Gasteiger charge is 2.21. The smallest absolute Gasteiger partial charge is 0.312 e. The third-order valence-electron chi connectivity index (χ3n) is 4.72. The van der Waals surface area contributed by atoms with Gasteiger partial charge in [-0.15, -0.1) is 12.8 Å². The number of nitrogens with two attached hydrogens (primary N) is 2. The first-order chi connectivity index (χ1) is 16.1. The Bertz CT molecular complexity index is 909. The molecule has 5 N–H and O–H groups in total. The van der Waals surface area contributed by atoms with Crippen LogP contribution in [0.5, 0.6) is 11.5 Å². The van der Waals surface area contributed by atoms with Crippen LogP contribution in [0.25, 0.3) is 0 Å². The van der Waals surface area contributed by atoms with Crippen molar-refractivity contribution >= 4 is 17.6 Å². The fraction of sp³-hybridized carbons (Fsp3) is 0.333. The molecule has 0 aliphatic heterocycles. The molecule has 3 rings (SSSR count). The van der Waals surface area contributed by atoms with Gasteiger partial charge in [-0.3, -0.25) is 5.01 Å². The average Bonchev–Trinajstić information content (AvgIpc) is 3.68. The van der Waals surface area contributed by atoms with Crippen molar-refractivity contribution in [1.82, 2.24) is 5.32 Å². The topological polar surface area (TPSA) is 124 Å². The van der Waals surface area contributed by atoms with Gasteiger partial charge in [-0.2, -0.15) is 0 Å². The molecular formula is C24H31N5O4. The Morgan fingerprint density at radius 2 is 1.76 bits per heavy atom. The fourth-order valence-electron chi connectivity index (χ4n) is 2.83. The molecule has 0 unspecified atom stereocenters. The molecule has 0 bridgehead atoms. The second-order valence-electron chi connectivity index (χ2n) is 7.16. The van der Waals surface area contributed by atoms with Gasteiger partial charge in [0.25, 0.3) is 0 Å². The van der Waals surface area contributed by atoms with E-state index in [4.69, 9.17) is 25.8 Å². The van der Waals surface area contributed by atoms with Crippen molar-refractivity contribution in [2.75, 3.05) is 38.6 Å². The standard InChI is InChI=1S/C22H29N5O4.C2H2/c1-29-19-10-6-18(7-11-19)27(24)21(26-15-30-14-16-2-3-16)17-4-8-20(9-5-17)31-13-12-25-22(23)28;1-2/h4-11,16H,2-3,12-15,24H2,1H3,(H3,23,25,28);1-2H/b26-21-;. The molecule has 176 valence electrons. The third-order valence-corrected chi connectivity index (χ3v) is 4.72. The Morgan fingerprint density at radius 3 is 2.33 bits per heavy atom. The zero-order chi connectivity index (χ0) is 24.1. The summed E-state index contributed by atoms with van der Waals surface area (Å²) >= 11 is 0. The first-order valence-electron chi connectivity index (χ1n) is 10.5. The maximum atomic E-state index is 10.7. The van der Waals surface area contributed by atoms with Gasteiger partial charge in [-0.05, 0) is 67.3 Å². The summed E-state index contributed by atoms with van der Waals surface area (Å²) in [4.78, 5) is 15.3. The van der Waals surface area contributed by atoms with Gasteiger partial charge in [0.1, 0.15) is 24.8 Å². The van der Waals surface area contributed by atoms with Crippen molar-refractivity contribution < 1.29 is 19.0 Å². The summed E-state index contributed by atoms with van der Waals surface area (Å²) in [6.07, 6.45) is 10.4. The molecule has 1 saturated carbocycles. The summed E-state index contributed by atoms with van der Waals surface area (Å²) in [5, 5.41) is 4.00. The number of carbonyl (C=O) groups excluding carboxylic acids is 1. The number of nitrogens with zero attached hydrogens (tertiary/aromatic N) is 2. The van der Waals surface area contributed by atoms with Crippen LogP contribution in [0.4, 0.5) is 10.5 Å². The number of methoxy groups -OCH3 is 1. The Hall–Kier alpha value is -3.74. The largest absolute Gasteiger partial charge is 0.497 e. The lowest BCUT2D eigenvalue weighted by Crippen LogP contribution is -2.38. The number of aliphatic imine (C=N–C) groups is 1. The van der Waals surface area contributed by atoms with Gasteiger partial charge >= 0.3 is 6.03 Å². The quantitative estimate of drug-likeness (QED) is 0.120. The summed E-state index contributed by atoms with van der Waals surface area (Å²) in [5.74, 6) is 9.04. The number of urea groups is 1. The minimum absolute atomic E-state index is 0.229. The van der Waals surface area contributed by atoms with Crippen molar-refractivity contribution in [1.29, 1.82) is 0 Å². The summed E-state index contributed by atoms with van der Waals surface area (Å²) in [7, 11) is 1.62. The maximum absolute atomic E-state index is 10.7. The van der Waals surface area contributed by atoms with E-state index in [0.29, 0.717) is 30.7 Å². The number of nitrogens with one attached hydrogen (secondary N) is 1. The van der Waals surface area contributed by atoms with Gasteiger partial charge in [0.15, 0.2) is 5.84 Å². The van der Waals surface area contributed by atoms with Gasteiger partial charge in [0.05, 0.1) is 25.9 Å². The molecule has 0 heterocycles. The molecule has 2 aromatic rings. The predicted molar refractivity (Wildman–Crippen MR) is 129 cm³/mol. The van der Waals surface area contributed by atoms with Gasteiger partial charge in [0.2, 0.25) is 0 Å². The number of rotatable bonds is 11. The van der Waals surface area contributed by atoms with Crippen LogP contribution in [0.3, 0.4) is 0 Å². The minimum Gasteiger partial charge on any atom is -0.497 e. The second kappa shape index (κ2) is 13.6. The van der Waals surface area contributed by atoms with Crippen molar-refractivity contribution in [2.24, 2.45) is 22.5 Å². The maximum Gasteiger partial charge on any atom is 0.312 e. The number of amidine groups is 1. The van der Waals surface area contributed by atoms with E-state index >= 15 is 0 Å². The number of hydrogen-bond acceptors (Lipinski definition) is 6. The Balaban J connectivity index is 0.00000187. The van der Waals surface area contributed by atoms with Crippen LogP contribution in [0.1, 0.15) is 18.4 Å². The van der Waals surface area contributed by atoms with E-state index in [1.165, 1.54) is 17.9 Å². The number of anilines is 1. The van der Waals surface area contributed by atoms with Crippen molar-refractivity contribution in [3.05, 3.63) is 54.1 Å². The fourth-order valence-corrected chi connectivity index (χ4v) is 2.83. The monoisotopic (exact) mass is 453 g/mol. The normalized spacial score (nSPS) is 12.8. The first-order valence-corrected chi connectivity index (χ1v) is 10.5. The Labute approximate surface area is 194 Å². The molecule has 2 aromatic carbocycles. The number of hydrogen-bond donors (Lipinski definition) is 3. The predicted octanol–water partition coefficient (Wildman–Crippen LogP) is 2.50. The zero-order valence-corrected chi connectivity index (χ0v) is 18.8. The van der Waals surface area contributed by atoms with Crippen LogP contribution in [-0.4, -0.2) is 45.5 Å². The molecule has 9 nitrogen and oxygen atoms in total. The molecule has 33 heavy (non-hydrogen) atoms. The minimum atomic E-state index is -0.578. The van der Waals surface area contributed by atoms with E-state index < -0.39 is 6.03 Å².